The molecule has 2 atom stereocenters. The molecule has 0 unspecified atom stereocenters. The van der Waals surface area contributed by atoms with Gasteiger partial charge in [0.15, 0.2) is 5.78 Å². The van der Waals surface area contributed by atoms with Crippen LogP contribution in [0, 0.1) is 11.8 Å². The van der Waals surface area contributed by atoms with E-state index in [0.717, 1.165) is 47.9 Å². The maximum Gasteiger partial charge on any atom is 0.513 e. The summed E-state index contributed by atoms with van der Waals surface area (Å²) in [6.45, 7) is 2.04. The number of allylic oxidation sites excluding steroid dienone is 2. The van der Waals surface area contributed by atoms with Crippen LogP contribution in [0.4, 0.5) is 4.79 Å². The molecular formula is C24H22Cl2O4. The highest BCUT2D eigenvalue weighted by Crippen LogP contribution is 2.48. The van der Waals surface area contributed by atoms with E-state index in [1.807, 2.05) is 31.2 Å². The summed E-state index contributed by atoms with van der Waals surface area (Å²) in [7, 11) is 1.27. The second-order valence-corrected chi connectivity index (χ2v) is 8.56. The molecule has 0 aromatic heterocycles. The molecule has 2 aromatic carbocycles. The first kappa shape index (κ1) is 21.0. The molecule has 0 saturated heterocycles. The zero-order chi connectivity index (χ0) is 21.4. The van der Waals surface area contributed by atoms with Crippen LogP contribution < -0.4 is 0 Å². The SMILES string of the molecule is CCc1ccc(-c2ccc(Cl)cc2Cl)cc1C1=C(OC(=O)OC)[C@H]2CC[C@H](C2)C1=O. The predicted molar refractivity (Wildman–Crippen MR) is 118 cm³/mol. The van der Waals surface area contributed by atoms with Crippen molar-refractivity contribution < 1.29 is 19.1 Å². The molecule has 0 aliphatic heterocycles. The third-order valence-electron chi connectivity index (χ3n) is 6.03. The van der Waals surface area contributed by atoms with Crippen molar-refractivity contribution in [2.24, 2.45) is 11.8 Å². The van der Waals surface area contributed by atoms with E-state index < -0.39 is 6.16 Å². The van der Waals surface area contributed by atoms with Gasteiger partial charge in [-0.15, -0.1) is 0 Å². The normalized spacial score (nSPS) is 20.5. The zero-order valence-electron chi connectivity index (χ0n) is 16.8. The fourth-order valence-corrected chi connectivity index (χ4v) is 5.04. The van der Waals surface area contributed by atoms with Gasteiger partial charge in [0.2, 0.25) is 0 Å². The number of hydrogen-bond acceptors (Lipinski definition) is 4. The van der Waals surface area contributed by atoms with Gasteiger partial charge in [0.1, 0.15) is 5.76 Å². The van der Waals surface area contributed by atoms with Gasteiger partial charge in [-0.3, -0.25) is 4.79 Å². The standard InChI is InChI=1S/C24H22Cl2O4/c1-3-13-4-5-14(18-9-8-17(25)12-20(18)26)11-19(13)21-22(27)15-6-7-16(10-15)23(21)30-24(28)29-2/h4-5,8-9,11-12,15-16H,3,6-7,10H2,1-2H3/t15-,16+/m1/s1. The number of carbonyl (C=O) groups excluding carboxylic acids is 2. The predicted octanol–water partition coefficient (Wildman–Crippen LogP) is 6.72. The first-order valence-corrected chi connectivity index (χ1v) is 10.8. The van der Waals surface area contributed by atoms with E-state index in [1.165, 1.54) is 7.11 Å². The Balaban J connectivity index is 1.90. The van der Waals surface area contributed by atoms with Crippen LogP contribution in [-0.4, -0.2) is 19.0 Å². The second kappa shape index (κ2) is 8.44. The number of benzene rings is 2. The van der Waals surface area contributed by atoms with Crippen molar-refractivity contribution in [3.05, 3.63) is 63.3 Å². The number of rotatable bonds is 4. The van der Waals surface area contributed by atoms with E-state index in [0.29, 0.717) is 21.4 Å². The van der Waals surface area contributed by atoms with Gasteiger partial charge in [-0.25, -0.2) is 4.79 Å². The molecule has 0 heterocycles. The molecule has 0 amide bonds. The second-order valence-electron chi connectivity index (χ2n) is 7.72. The molecule has 0 N–H and O–H groups in total. The summed E-state index contributed by atoms with van der Waals surface area (Å²) in [6, 6.07) is 11.3. The summed E-state index contributed by atoms with van der Waals surface area (Å²) in [5.74, 6) is 0.503. The lowest BCUT2D eigenvalue weighted by molar-refractivity contribution is -0.117. The van der Waals surface area contributed by atoms with Gasteiger partial charge in [-0.1, -0.05) is 48.3 Å². The average Bonchev–Trinajstić information content (AvgIpc) is 3.18. The fourth-order valence-electron chi connectivity index (χ4n) is 4.53. The summed E-state index contributed by atoms with van der Waals surface area (Å²) in [4.78, 5) is 25.3. The molecule has 0 spiro atoms. The Morgan fingerprint density at radius 2 is 1.83 bits per heavy atom. The topological polar surface area (TPSA) is 52.6 Å². The molecule has 2 aliphatic carbocycles. The molecule has 2 bridgehead atoms. The smallest absolute Gasteiger partial charge is 0.437 e. The highest BCUT2D eigenvalue weighted by Gasteiger charge is 2.43. The van der Waals surface area contributed by atoms with Gasteiger partial charge in [0.05, 0.1) is 12.7 Å². The van der Waals surface area contributed by atoms with Crippen LogP contribution in [0.2, 0.25) is 10.0 Å². The summed E-state index contributed by atoms with van der Waals surface area (Å²) in [6.07, 6.45) is 2.30. The molecule has 0 radical (unpaired) electrons. The minimum atomic E-state index is -0.796. The van der Waals surface area contributed by atoms with E-state index >= 15 is 0 Å². The fraction of sp³-hybridized carbons (Fsp3) is 0.333. The highest BCUT2D eigenvalue weighted by atomic mass is 35.5. The molecule has 1 saturated carbocycles. The highest BCUT2D eigenvalue weighted by molar-refractivity contribution is 6.36. The Labute approximate surface area is 185 Å². The van der Waals surface area contributed by atoms with Gasteiger partial charge in [-0.05, 0) is 60.6 Å². The number of ether oxygens (including phenoxy) is 2. The number of aryl methyl sites for hydroxylation is 1. The van der Waals surface area contributed by atoms with E-state index in [4.69, 9.17) is 32.7 Å². The third kappa shape index (κ3) is 3.75. The molecule has 4 nitrogen and oxygen atoms in total. The molecule has 2 aromatic rings. The van der Waals surface area contributed by atoms with Crippen molar-refractivity contribution in [1.29, 1.82) is 0 Å². The van der Waals surface area contributed by atoms with E-state index in [2.05, 4.69) is 0 Å². The number of fused-ring (bicyclic) bond motifs is 2. The van der Waals surface area contributed by atoms with Gasteiger partial charge in [0.25, 0.3) is 0 Å². The van der Waals surface area contributed by atoms with Gasteiger partial charge in [-0.2, -0.15) is 0 Å². The van der Waals surface area contributed by atoms with Crippen molar-refractivity contribution in [3.8, 4) is 11.1 Å². The quantitative estimate of drug-likeness (QED) is 0.491. The van der Waals surface area contributed by atoms with Crippen molar-refractivity contribution >= 4 is 40.7 Å². The Morgan fingerprint density at radius 3 is 2.53 bits per heavy atom. The number of carbonyl (C=O) groups is 2. The van der Waals surface area contributed by atoms with E-state index in [1.54, 1.807) is 12.1 Å². The number of methoxy groups -OCH3 is 1. The molecule has 6 heteroatoms. The number of ketones is 1. The lowest BCUT2D eigenvalue weighted by Crippen LogP contribution is -2.24. The van der Waals surface area contributed by atoms with Crippen LogP contribution in [0.25, 0.3) is 16.7 Å². The Hall–Kier alpha value is -2.30. The minimum absolute atomic E-state index is 0.0255. The molecule has 156 valence electrons. The first-order valence-electron chi connectivity index (χ1n) is 10.1. The van der Waals surface area contributed by atoms with E-state index in [-0.39, 0.29) is 17.6 Å². The van der Waals surface area contributed by atoms with Crippen molar-refractivity contribution in [3.63, 3.8) is 0 Å². The van der Waals surface area contributed by atoms with Gasteiger partial charge >= 0.3 is 6.16 Å². The lowest BCUT2D eigenvalue weighted by Gasteiger charge is -2.26. The Kier molecular flexibility index (Phi) is 5.90. The maximum atomic E-state index is 13.4. The first-order chi connectivity index (χ1) is 14.4. The summed E-state index contributed by atoms with van der Waals surface area (Å²) < 4.78 is 10.3. The number of halogens is 2. The summed E-state index contributed by atoms with van der Waals surface area (Å²) in [5.41, 5.74) is 4.01. The molecular weight excluding hydrogens is 423 g/mol. The molecule has 2 aliphatic rings. The number of hydrogen-bond donors (Lipinski definition) is 0. The Morgan fingerprint density at radius 1 is 1.07 bits per heavy atom. The van der Waals surface area contributed by atoms with Crippen LogP contribution in [0.3, 0.4) is 0 Å². The van der Waals surface area contributed by atoms with E-state index in [9.17, 15) is 9.59 Å². The summed E-state index contributed by atoms with van der Waals surface area (Å²) in [5, 5.41) is 1.09. The molecule has 1 fully saturated rings. The number of Topliss-reactive ketones (excluding diaryl/α,β-unsaturated/α-hetero) is 1. The summed E-state index contributed by atoms with van der Waals surface area (Å²) >= 11 is 12.5. The van der Waals surface area contributed by atoms with Crippen LogP contribution in [0.5, 0.6) is 0 Å². The van der Waals surface area contributed by atoms with Gasteiger partial charge < -0.3 is 9.47 Å². The molecule has 4 rings (SSSR count). The largest absolute Gasteiger partial charge is 0.513 e. The molecule has 30 heavy (non-hydrogen) atoms. The maximum absolute atomic E-state index is 13.4. The minimum Gasteiger partial charge on any atom is -0.437 e. The zero-order valence-corrected chi connectivity index (χ0v) is 18.3. The average molecular weight is 445 g/mol. The Bertz CT molecular complexity index is 1060. The lowest BCUT2D eigenvalue weighted by atomic mass is 9.81. The van der Waals surface area contributed by atoms with Crippen LogP contribution in [0.1, 0.15) is 37.3 Å². The van der Waals surface area contributed by atoms with Crippen molar-refractivity contribution in [2.45, 2.75) is 32.6 Å². The van der Waals surface area contributed by atoms with Crippen molar-refractivity contribution in [2.75, 3.05) is 7.11 Å². The van der Waals surface area contributed by atoms with Crippen molar-refractivity contribution in [1.82, 2.24) is 0 Å². The van der Waals surface area contributed by atoms with Gasteiger partial charge in [0, 0.05) is 27.4 Å². The van der Waals surface area contributed by atoms with Crippen LogP contribution in [0.15, 0.2) is 42.2 Å². The van der Waals surface area contributed by atoms with Crippen LogP contribution >= 0.6 is 23.2 Å². The third-order valence-corrected chi connectivity index (χ3v) is 6.58. The monoisotopic (exact) mass is 444 g/mol. The van der Waals surface area contributed by atoms with Crippen LogP contribution in [-0.2, 0) is 20.7 Å².